The van der Waals surface area contributed by atoms with E-state index in [0.717, 1.165) is 31.2 Å². The van der Waals surface area contributed by atoms with Crippen LogP contribution in [0.4, 0.5) is 0 Å². The van der Waals surface area contributed by atoms with E-state index in [0.29, 0.717) is 35.2 Å². The molecule has 3 aliphatic rings. The zero-order chi connectivity index (χ0) is 19.1. The van der Waals surface area contributed by atoms with Gasteiger partial charge >= 0.3 is 0 Å². The minimum absolute atomic E-state index is 0.00338. The van der Waals surface area contributed by atoms with Crippen molar-refractivity contribution in [3.63, 3.8) is 0 Å². The van der Waals surface area contributed by atoms with Crippen LogP contribution in [0, 0.1) is 0 Å². The van der Waals surface area contributed by atoms with E-state index in [4.69, 9.17) is 9.47 Å². The van der Waals surface area contributed by atoms with Crippen molar-refractivity contribution in [3.8, 4) is 11.5 Å². The van der Waals surface area contributed by atoms with Crippen LogP contribution in [0.1, 0.15) is 52.0 Å². The van der Waals surface area contributed by atoms with E-state index in [-0.39, 0.29) is 24.6 Å². The molecule has 0 bridgehead atoms. The van der Waals surface area contributed by atoms with E-state index < -0.39 is 0 Å². The number of ether oxygens (including phenoxy) is 2. The third kappa shape index (κ3) is 3.54. The lowest BCUT2D eigenvalue weighted by Gasteiger charge is -2.23. The number of hydrogen-bond acceptors (Lipinski definition) is 4. The van der Waals surface area contributed by atoms with Gasteiger partial charge in [0, 0.05) is 29.8 Å². The van der Waals surface area contributed by atoms with Gasteiger partial charge in [-0.2, -0.15) is 0 Å². The van der Waals surface area contributed by atoms with Gasteiger partial charge in [0.25, 0.3) is 11.8 Å². The van der Waals surface area contributed by atoms with Crippen molar-refractivity contribution >= 4 is 11.8 Å². The molecule has 5 rings (SSSR count). The van der Waals surface area contributed by atoms with Crippen molar-refractivity contribution in [2.45, 2.75) is 44.3 Å². The maximum absolute atomic E-state index is 13.1. The lowest BCUT2D eigenvalue weighted by molar-refractivity contribution is 0.0729. The Morgan fingerprint density at radius 1 is 0.929 bits per heavy atom. The number of carbonyl (C=O) groups excluding carboxylic acids is 2. The van der Waals surface area contributed by atoms with Gasteiger partial charge in [-0.3, -0.25) is 9.59 Å². The molecule has 2 aliphatic carbocycles. The maximum atomic E-state index is 13.1. The monoisotopic (exact) mass is 378 g/mol. The Kier molecular flexibility index (Phi) is 4.19. The molecule has 0 unspecified atom stereocenters. The molecular formula is C22H22N2O4. The first-order valence-corrected chi connectivity index (χ1v) is 9.78. The standard InChI is InChI=1S/C22H22N2O4/c25-21(23-17-6-7-17)15-3-1-14(2-4-15)12-24(18-8-9-18)22(26)16-5-10-19-20(11-16)28-13-27-19/h1-5,10-11,17-18H,6-9,12-13H2,(H,23,25). The summed E-state index contributed by atoms with van der Waals surface area (Å²) in [6.45, 7) is 0.725. The average molecular weight is 378 g/mol. The zero-order valence-electron chi connectivity index (χ0n) is 15.5. The molecule has 1 aliphatic heterocycles. The Morgan fingerprint density at radius 2 is 1.64 bits per heavy atom. The summed E-state index contributed by atoms with van der Waals surface area (Å²) >= 11 is 0. The molecule has 2 aromatic rings. The fraction of sp³-hybridized carbons (Fsp3) is 0.364. The van der Waals surface area contributed by atoms with Crippen LogP contribution in [0.25, 0.3) is 0 Å². The topological polar surface area (TPSA) is 67.9 Å². The molecule has 0 saturated heterocycles. The number of benzene rings is 2. The van der Waals surface area contributed by atoms with E-state index in [1.54, 1.807) is 18.2 Å². The second-order valence-corrected chi connectivity index (χ2v) is 7.68. The largest absolute Gasteiger partial charge is 0.454 e. The second-order valence-electron chi connectivity index (χ2n) is 7.68. The lowest BCUT2D eigenvalue weighted by atomic mass is 10.1. The predicted molar refractivity (Wildman–Crippen MR) is 102 cm³/mol. The molecule has 0 atom stereocenters. The fourth-order valence-corrected chi connectivity index (χ4v) is 3.40. The van der Waals surface area contributed by atoms with Gasteiger partial charge in [0.1, 0.15) is 0 Å². The molecule has 1 N–H and O–H groups in total. The molecule has 6 heteroatoms. The average Bonchev–Trinajstić information content (AvgIpc) is 3.65. The van der Waals surface area contributed by atoms with E-state index in [2.05, 4.69) is 5.32 Å². The zero-order valence-corrected chi connectivity index (χ0v) is 15.5. The highest BCUT2D eigenvalue weighted by atomic mass is 16.7. The first-order chi connectivity index (χ1) is 13.7. The highest BCUT2D eigenvalue weighted by molar-refractivity contribution is 5.96. The van der Waals surface area contributed by atoms with E-state index in [1.807, 2.05) is 29.2 Å². The van der Waals surface area contributed by atoms with Crippen LogP contribution in [0.5, 0.6) is 11.5 Å². The Balaban J connectivity index is 1.30. The van der Waals surface area contributed by atoms with Gasteiger partial charge in [0.05, 0.1) is 0 Å². The quantitative estimate of drug-likeness (QED) is 0.839. The van der Waals surface area contributed by atoms with Crippen LogP contribution in [0.15, 0.2) is 42.5 Å². The molecule has 2 aromatic carbocycles. The van der Waals surface area contributed by atoms with Crippen molar-refractivity contribution in [1.29, 1.82) is 0 Å². The van der Waals surface area contributed by atoms with Crippen molar-refractivity contribution in [1.82, 2.24) is 10.2 Å². The molecule has 0 radical (unpaired) electrons. The second kappa shape index (κ2) is 6.86. The minimum Gasteiger partial charge on any atom is -0.454 e. The Bertz CT molecular complexity index is 917. The summed E-state index contributed by atoms with van der Waals surface area (Å²) < 4.78 is 10.7. The van der Waals surface area contributed by atoms with Gasteiger partial charge in [-0.1, -0.05) is 12.1 Å². The highest BCUT2D eigenvalue weighted by Gasteiger charge is 2.33. The van der Waals surface area contributed by atoms with Crippen molar-refractivity contribution in [2.75, 3.05) is 6.79 Å². The number of nitrogens with zero attached hydrogens (tertiary/aromatic N) is 1. The number of hydrogen-bond donors (Lipinski definition) is 1. The van der Waals surface area contributed by atoms with Gasteiger partial charge in [-0.25, -0.2) is 0 Å². The van der Waals surface area contributed by atoms with Gasteiger partial charge in [-0.15, -0.1) is 0 Å². The van der Waals surface area contributed by atoms with Crippen LogP contribution >= 0.6 is 0 Å². The van der Waals surface area contributed by atoms with Crippen LogP contribution in [0.3, 0.4) is 0 Å². The first kappa shape index (κ1) is 17.1. The van der Waals surface area contributed by atoms with Crippen molar-refractivity contribution < 1.29 is 19.1 Å². The molecule has 1 heterocycles. The molecule has 6 nitrogen and oxygen atoms in total. The Labute approximate surface area is 163 Å². The highest BCUT2D eigenvalue weighted by Crippen LogP contribution is 2.35. The summed E-state index contributed by atoms with van der Waals surface area (Å²) in [5.41, 5.74) is 2.29. The molecule has 0 aromatic heterocycles. The fourth-order valence-electron chi connectivity index (χ4n) is 3.40. The smallest absolute Gasteiger partial charge is 0.254 e. The number of amides is 2. The van der Waals surface area contributed by atoms with Crippen LogP contribution < -0.4 is 14.8 Å². The number of rotatable bonds is 6. The van der Waals surface area contributed by atoms with E-state index >= 15 is 0 Å². The minimum atomic E-state index is -0.0236. The first-order valence-electron chi connectivity index (χ1n) is 9.78. The summed E-state index contributed by atoms with van der Waals surface area (Å²) in [7, 11) is 0. The van der Waals surface area contributed by atoms with Gasteiger partial charge in [0.2, 0.25) is 6.79 Å². The summed E-state index contributed by atoms with van der Waals surface area (Å²) in [5.74, 6) is 1.27. The van der Waals surface area contributed by atoms with Crippen LogP contribution in [-0.2, 0) is 6.54 Å². The van der Waals surface area contributed by atoms with E-state index in [9.17, 15) is 9.59 Å². The summed E-state index contributed by atoms with van der Waals surface area (Å²) in [6, 6.07) is 13.5. The third-order valence-electron chi connectivity index (χ3n) is 5.35. The number of nitrogens with one attached hydrogen (secondary N) is 1. The maximum Gasteiger partial charge on any atom is 0.254 e. The van der Waals surface area contributed by atoms with Gasteiger partial charge in [-0.05, 0) is 61.6 Å². The molecule has 144 valence electrons. The van der Waals surface area contributed by atoms with Gasteiger partial charge < -0.3 is 19.7 Å². The molecule has 2 amide bonds. The third-order valence-corrected chi connectivity index (χ3v) is 5.35. The molecule has 2 saturated carbocycles. The SMILES string of the molecule is O=C(NC1CC1)c1ccc(CN(C(=O)c2ccc3c(c2)OCO3)C2CC2)cc1. The van der Waals surface area contributed by atoms with Crippen molar-refractivity contribution in [3.05, 3.63) is 59.2 Å². The van der Waals surface area contributed by atoms with Crippen LogP contribution in [0.2, 0.25) is 0 Å². The Hall–Kier alpha value is -3.02. The van der Waals surface area contributed by atoms with Crippen molar-refractivity contribution in [2.24, 2.45) is 0 Å². The van der Waals surface area contributed by atoms with Gasteiger partial charge in [0.15, 0.2) is 11.5 Å². The molecule has 2 fully saturated rings. The normalized spacial score (nSPS) is 17.3. The summed E-state index contributed by atoms with van der Waals surface area (Å²) in [6.07, 6.45) is 4.20. The number of fused-ring (bicyclic) bond motifs is 1. The Morgan fingerprint density at radius 3 is 2.36 bits per heavy atom. The number of carbonyl (C=O) groups is 2. The molecule has 0 spiro atoms. The summed E-state index contributed by atoms with van der Waals surface area (Å²) in [5, 5.41) is 2.99. The molecule has 28 heavy (non-hydrogen) atoms. The summed E-state index contributed by atoms with van der Waals surface area (Å²) in [4.78, 5) is 27.1. The predicted octanol–water partition coefficient (Wildman–Crippen LogP) is 3.11. The molecular weight excluding hydrogens is 356 g/mol. The van der Waals surface area contributed by atoms with Crippen LogP contribution in [-0.4, -0.2) is 35.6 Å². The lowest BCUT2D eigenvalue weighted by Crippen LogP contribution is -2.32. The van der Waals surface area contributed by atoms with E-state index in [1.165, 1.54) is 0 Å².